The largest absolute Gasteiger partial charge is 0.369 e. The normalized spacial score (nSPS) is 17.6. The van der Waals surface area contributed by atoms with E-state index in [1.54, 1.807) is 0 Å². The number of carbonyl (C=O) groups is 1. The molecule has 0 spiro atoms. The van der Waals surface area contributed by atoms with Crippen LogP contribution < -0.4 is 20.0 Å². The number of aryl methyl sites for hydroxylation is 1. The molecule has 9 heteroatoms. The summed E-state index contributed by atoms with van der Waals surface area (Å²) in [6.07, 6.45) is 1.70. The lowest BCUT2D eigenvalue weighted by atomic mass is 9.96. The Hall–Kier alpha value is -2.58. The first-order valence-corrected chi connectivity index (χ1v) is 12.6. The maximum Gasteiger partial charge on any atom is 0.223 e. The molecule has 0 bridgehead atoms. The third-order valence-electron chi connectivity index (χ3n) is 6.90. The Labute approximate surface area is 207 Å². The van der Waals surface area contributed by atoms with E-state index in [0.717, 1.165) is 75.3 Å². The number of halogens is 1. The fourth-order valence-corrected chi connectivity index (χ4v) is 4.88. The Morgan fingerprint density at radius 3 is 2.41 bits per heavy atom. The van der Waals surface area contributed by atoms with Crippen molar-refractivity contribution in [3.63, 3.8) is 0 Å². The van der Waals surface area contributed by atoms with E-state index >= 15 is 0 Å². The Bertz CT molecular complexity index is 952. The van der Waals surface area contributed by atoms with Crippen molar-refractivity contribution in [1.29, 1.82) is 0 Å². The summed E-state index contributed by atoms with van der Waals surface area (Å²) in [6.45, 7) is 9.33. The highest BCUT2D eigenvalue weighted by molar-refractivity contribution is 6.30. The molecule has 3 heterocycles. The number of nitrogens with one attached hydrogen (secondary N) is 1. The van der Waals surface area contributed by atoms with Gasteiger partial charge in [0.1, 0.15) is 0 Å². The van der Waals surface area contributed by atoms with Crippen LogP contribution in [0.4, 0.5) is 17.3 Å². The third-order valence-corrected chi connectivity index (χ3v) is 7.13. The molecule has 0 atom stereocenters. The molecular formula is C25H36ClN7O. The minimum atomic E-state index is 0.0768. The van der Waals surface area contributed by atoms with E-state index in [0.29, 0.717) is 6.54 Å². The SMILES string of the molecule is Cc1ccc(Cl)cc1N1CCN(CCNC(=O)C2CCN(c3ccc(N(C)C)nn3)CC2)CC1. The number of rotatable bonds is 7. The Morgan fingerprint density at radius 2 is 1.76 bits per heavy atom. The van der Waals surface area contributed by atoms with Gasteiger partial charge in [0.15, 0.2) is 11.6 Å². The maximum atomic E-state index is 12.7. The number of carbonyl (C=O) groups excluding carboxylic acids is 1. The van der Waals surface area contributed by atoms with Gasteiger partial charge in [-0.25, -0.2) is 0 Å². The Balaban J connectivity index is 1.15. The summed E-state index contributed by atoms with van der Waals surface area (Å²) in [5, 5.41) is 12.6. The van der Waals surface area contributed by atoms with Gasteiger partial charge in [-0.2, -0.15) is 0 Å². The van der Waals surface area contributed by atoms with Gasteiger partial charge >= 0.3 is 0 Å². The van der Waals surface area contributed by atoms with Gasteiger partial charge < -0.3 is 20.0 Å². The van der Waals surface area contributed by atoms with Crippen LogP contribution in [0.25, 0.3) is 0 Å². The van der Waals surface area contributed by atoms with Crippen molar-refractivity contribution >= 4 is 34.8 Å². The lowest BCUT2D eigenvalue weighted by Crippen LogP contribution is -2.49. The lowest BCUT2D eigenvalue weighted by Gasteiger charge is -2.37. The lowest BCUT2D eigenvalue weighted by molar-refractivity contribution is -0.125. The van der Waals surface area contributed by atoms with Gasteiger partial charge in [-0.1, -0.05) is 17.7 Å². The maximum absolute atomic E-state index is 12.7. The number of piperazine rings is 1. The highest BCUT2D eigenvalue weighted by atomic mass is 35.5. The van der Waals surface area contributed by atoms with E-state index in [9.17, 15) is 4.79 Å². The van der Waals surface area contributed by atoms with Gasteiger partial charge in [0.05, 0.1) is 0 Å². The molecule has 1 aromatic carbocycles. The van der Waals surface area contributed by atoms with Gasteiger partial charge in [0.25, 0.3) is 0 Å². The van der Waals surface area contributed by atoms with E-state index in [1.807, 2.05) is 37.2 Å². The van der Waals surface area contributed by atoms with Crippen LogP contribution in [-0.4, -0.2) is 87.5 Å². The van der Waals surface area contributed by atoms with Gasteiger partial charge in [-0.15, -0.1) is 10.2 Å². The minimum Gasteiger partial charge on any atom is -0.369 e. The van der Waals surface area contributed by atoms with Gasteiger partial charge in [-0.3, -0.25) is 9.69 Å². The average molecular weight is 486 g/mol. The molecular weight excluding hydrogens is 450 g/mol. The Morgan fingerprint density at radius 1 is 1.03 bits per heavy atom. The van der Waals surface area contributed by atoms with Crippen molar-refractivity contribution in [2.75, 3.05) is 81.2 Å². The molecule has 2 aromatic rings. The van der Waals surface area contributed by atoms with Crippen LogP contribution in [-0.2, 0) is 4.79 Å². The first kappa shape index (κ1) is 24.5. The number of hydrogen-bond acceptors (Lipinski definition) is 7. The van der Waals surface area contributed by atoms with Crippen LogP contribution in [0.5, 0.6) is 0 Å². The van der Waals surface area contributed by atoms with E-state index in [-0.39, 0.29) is 11.8 Å². The second-order valence-corrected chi connectivity index (χ2v) is 9.89. The monoisotopic (exact) mass is 485 g/mol. The van der Waals surface area contributed by atoms with Crippen LogP contribution in [0.3, 0.4) is 0 Å². The first-order valence-electron chi connectivity index (χ1n) is 12.2. The zero-order valence-electron chi connectivity index (χ0n) is 20.5. The minimum absolute atomic E-state index is 0.0768. The molecule has 0 radical (unpaired) electrons. The fraction of sp³-hybridized carbons (Fsp3) is 0.560. The van der Waals surface area contributed by atoms with Crippen LogP contribution in [0, 0.1) is 12.8 Å². The number of piperidine rings is 1. The molecule has 184 valence electrons. The Kier molecular flexibility index (Phi) is 8.11. The molecule has 34 heavy (non-hydrogen) atoms. The van der Waals surface area contributed by atoms with E-state index in [1.165, 1.54) is 11.3 Å². The average Bonchev–Trinajstić information content (AvgIpc) is 2.86. The van der Waals surface area contributed by atoms with E-state index in [2.05, 4.69) is 49.3 Å². The molecule has 0 saturated carbocycles. The first-order chi connectivity index (χ1) is 16.4. The van der Waals surface area contributed by atoms with Crippen molar-refractivity contribution < 1.29 is 4.79 Å². The van der Waals surface area contributed by atoms with Crippen molar-refractivity contribution in [2.45, 2.75) is 19.8 Å². The molecule has 0 unspecified atom stereocenters. The van der Waals surface area contributed by atoms with Crippen LogP contribution in [0.2, 0.25) is 5.02 Å². The van der Waals surface area contributed by atoms with E-state index in [4.69, 9.17) is 11.6 Å². The zero-order valence-corrected chi connectivity index (χ0v) is 21.3. The summed E-state index contributed by atoms with van der Waals surface area (Å²) >= 11 is 6.19. The van der Waals surface area contributed by atoms with Crippen molar-refractivity contribution in [2.24, 2.45) is 5.92 Å². The highest BCUT2D eigenvalue weighted by Gasteiger charge is 2.26. The fourth-order valence-electron chi connectivity index (χ4n) is 4.71. The third kappa shape index (κ3) is 6.10. The summed E-state index contributed by atoms with van der Waals surface area (Å²) in [4.78, 5) is 21.7. The number of benzene rings is 1. The summed E-state index contributed by atoms with van der Waals surface area (Å²) in [7, 11) is 3.91. The van der Waals surface area contributed by atoms with Crippen molar-refractivity contribution in [3.8, 4) is 0 Å². The summed E-state index contributed by atoms with van der Waals surface area (Å²) in [5.74, 6) is 1.99. The number of anilines is 3. The molecule has 0 aliphatic carbocycles. The van der Waals surface area contributed by atoms with E-state index < -0.39 is 0 Å². The number of amides is 1. The van der Waals surface area contributed by atoms with Crippen LogP contribution in [0.1, 0.15) is 18.4 Å². The smallest absolute Gasteiger partial charge is 0.223 e. The summed E-state index contributed by atoms with van der Waals surface area (Å²) in [5.41, 5.74) is 2.49. The molecule has 4 rings (SSSR count). The summed E-state index contributed by atoms with van der Waals surface area (Å²) < 4.78 is 0. The quantitative estimate of drug-likeness (QED) is 0.646. The van der Waals surface area contributed by atoms with Crippen molar-refractivity contribution in [1.82, 2.24) is 20.4 Å². The second-order valence-electron chi connectivity index (χ2n) is 9.46. The molecule has 2 aliphatic heterocycles. The van der Waals surface area contributed by atoms with Gasteiger partial charge in [0.2, 0.25) is 5.91 Å². The zero-order chi connectivity index (χ0) is 24.1. The molecule has 1 N–H and O–H groups in total. The molecule has 1 aromatic heterocycles. The number of nitrogens with zero attached hydrogens (tertiary/aromatic N) is 6. The van der Waals surface area contributed by atoms with Gasteiger partial charge in [-0.05, 0) is 49.6 Å². The molecule has 2 fully saturated rings. The molecule has 8 nitrogen and oxygen atoms in total. The number of aromatic nitrogens is 2. The molecule has 1 amide bonds. The van der Waals surface area contributed by atoms with Crippen LogP contribution in [0.15, 0.2) is 30.3 Å². The predicted octanol–water partition coefficient (Wildman–Crippen LogP) is 2.66. The number of hydrogen-bond donors (Lipinski definition) is 1. The molecule has 2 aliphatic rings. The summed E-state index contributed by atoms with van der Waals surface area (Å²) in [6, 6.07) is 10.1. The van der Waals surface area contributed by atoms with Crippen molar-refractivity contribution in [3.05, 3.63) is 40.9 Å². The van der Waals surface area contributed by atoms with Crippen LogP contribution >= 0.6 is 11.6 Å². The standard InChI is InChI=1S/C25H36ClN7O/c1-19-4-5-21(26)18-22(19)32-16-14-31(15-17-32)13-10-27-25(34)20-8-11-33(12-9-20)24-7-6-23(28-29-24)30(2)3/h4-7,18,20H,8-17H2,1-3H3,(H,27,34). The van der Waals surface area contributed by atoms with Gasteiger partial charge in [0, 0.05) is 83.1 Å². The predicted molar refractivity (Wildman–Crippen MR) is 139 cm³/mol. The molecule has 2 saturated heterocycles. The highest BCUT2D eigenvalue weighted by Crippen LogP contribution is 2.25. The second kappa shape index (κ2) is 11.2. The topological polar surface area (TPSA) is 67.8 Å².